The van der Waals surface area contributed by atoms with Crippen molar-refractivity contribution >= 4 is 5.91 Å². The highest BCUT2D eigenvalue weighted by atomic mass is 16.5. The van der Waals surface area contributed by atoms with Crippen molar-refractivity contribution in [2.24, 2.45) is 0 Å². The molecule has 1 amide bonds. The van der Waals surface area contributed by atoms with E-state index in [1.165, 1.54) is 0 Å². The molecule has 0 unspecified atom stereocenters. The lowest BCUT2D eigenvalue weighted by Crippen LogP contribution is -2.33. The van der Waals surface area contributed by atoms with Gasteiger partial charge in [0.2, 0.25) is 0 Å². The van der Waals surface area contributed by atoms with E-state index in [2.05, 4.69) is 0 Å². The number of methoxy groups -OCH3 is 1. The van der Waals surface area contributed by atoms with Crippen LogP contribution in [0.3, 0.4) is 0 Å². The highest BCUT2D eigenvalue weighted by Crippen LogP contribution is 2.19. The van der Waals surface area contributed by atoms with Gasteiger partial charge in [-0.15, -0.1) is 0 Å². The predicted molar refractivity (Wildman–Crippen MR) is 86.0 cm³/mol. The normalized spacial score (nSPS) is 10.3. The Hall–Kier alpha value is -2.33. The summed E-state index contributed by atoms with van der Waals surface area (Å²) in [5.74, 6) is 0.642. The fraction of sp³-hybridized carbons (Fsp3) is 0.278. The van der Waals surface area contributed by atoms with E-state index >= 15 is 0 Å². The summed E-state index contributed by atoms with van der Waals surface area (Å²) in [6.45, 7) is 2.61. The zero-order valence-corrected chi connectivity index (χ0v) is 13.0. The molecule has 4 nitrogen and oxygen atoms in total. The van der Waals surface area contributed by atoms with Gasteiger partial charge in [-0.1, -0.05) is 30.3 Å². The van der Waals surface area contributed by atoms with Crippen LogP contribution < -0.4 is 4.74 Å². The smallest absolute Gasteiger partial charge is 0.254 e. The van der Waals surface area contributed by atoms with Crippen LogP contribution in [0.1, 0.15) is 21.5 Å². The molecule has 2 aromatic carbocycles. The fourth-order valence-electron chi connectivity index (χ4n) is 2.35. The lowest BCUT2D eigenvalue weighted by Gasteiger charge is -2.23. The second kappa shape index (κ2) is 7.61. The Labute approximate surface area is 131 Å². The van der Waals surface area contributed by atoms with Crippen molar-refractivity contribution in [2.75, 3.05) is 20.3 Å². The molecule has 0 spiro atoms. The SMILES string of the molecule is COc1ccc(C(=O)N(CCO)Cc2ccccc2)c(C)c1. The van der Waals surface area contributed by atoms with Gasteiger partial charge in [0.25, 0.3) is 5.91 Å². The zero-order chi connectivity index (χ0) is 15.9. The van der Waals surface area contributed by atoms with Gasteiger partial charge in [-0.2, -0.15) is 0 Å². The number of aliphatic hydroxyl groups is 1. The van der Waals surface area contributed by atoms with E-state index in [4.69, 9.17) is 4.74 Å². The molecule has 2 aromatic rings. The van der Waals surface area contributed by atoms with Gasteiger partial charge in [0.05, 0.1) is 13.7 Å². The number of amides is 1. The van der Waals surface area contributed by atoms with E-state index in [9.17, 15) is 9.90 Å². The Bertz CT molecular complexity index is 625. The molecule has 0 heterocycles. The Morgan fingerprint density at radius 1 is 1.18 bits per heavy atom. The van der Waals surface area contributed by atoms with E-state index in [0.29, 0.717) is 18.7 Å². The average Bonchev–Trinajstić information content (AvgIpc) is 2.54. The molecule has 2 rings (SSSR count). The first-order valence-corrected chi connectivity index (χ1v) is 7.24. The minimum atomic E-state index is -0.0851. The number of carbonyl (C=O) groups is 1. The molecule has 0 saturated carbocycles. The molecule has 0 aliphatic carbocycles. The third-order valence-corrected chi connectivity index (χ3v) is 3.54. The van der Waals surface area contributed by atoms with Crippen LogP contribution in [0.2, 0.25) is 0 Å². The van der Waals surface area contributed by atoms with Gasteiger partial charge in [0, 0.05) is 18.7 Å². The molecule has 0 fully saturated rings. The summed E-state index contributed by atoms with van der Waals surface area (Å²) in [5, 5.41) is 9.25. The minimum absolute atomic E-state index is 0.0617. The molecule has 0 aliphatic rings. The highest BCUT2D eigenvalue weighted by molar-refractivity contribution is 5.95. The first kappa shape index (κ1) is 16.0. The van der Waals surface area contributed by atoms with Crippen molar-refractivity contribution in [1.82, 2.24) is 4.90 Å². The second-order valence-electron chi connectivity index (χ2n) is 5.12. The molecule has 0 aromatic heterocycles. The number of aliphatic hydroxyl groups excluding tert-OH is 1. The molecule has 1 N–H and O–H groups in total. The minimum Gasteiger partial charge on any atom is -0.497 e. The largest absolute Gasteiger partial charge is 0.497 e. The number of rotatable bonds is 6. The molecule has 0 atom stereocenters. The number of aryl methyl sites for hydroxylation is 1. The number of benzene rings is 2. The number of hydrogen-bond donors (Lipinski definition) is 1. The third-order valence-electron chi connectivity index (χ3n) is 3.54. The van der Waals surface area contributed by atoms with Crippen LogP contribution in [-0.4, -0.2) is 36.2 Å². The Morgan fingerprint density at radius 2 is 1.91 bits per heavy atom. The van der Waals surface area contributed by atoms with E-state index in [1.54, 1.807) is 24.1 Å². The second-order valence-corrected chi connectivity index (χ2v) is 5.12. The highest BCUT2D eigenvalue weighted by Gasteiger charge is 2.18. The Morgan fingerprint density at radius 3 is 2.50 bits per heavy atom. The molecule has 0 saturated heterocycles. The van der Waals surface area contributed by atoms with Crippen LogP contribution in [0.25, 0.3) is 0 Å². The summed E-state index contributed by atoms with van der Waals surface area (Å²) >= 11 is 0. The van der Waals surface area contributed by atoms with Crippen LogP contribution in [-0.2, 0) is 6.54 Å². The number of carbonyl (C=O) groups excluding carboxylic acids is 1. The van der Waals surface area contributed by atoms with Gasteiger partial charge in [0.15, 0.2) is 0 Å². The van der Waals surface area contributed by atoms with Crippen LogP contribution in [0.4, 0.5) is 0 Å². The number of ether oxygens (including phenoxy) is 1. The Balaban J connectivity index is 2.22. The lowest BCUT2D eigenvalue weighted by molar-refractivity contribution is 0.0707. The predicted octanol–water partition coefficient (Wildman–Crippen LogP) is 2.64. The van der Waals surface area contributed by atoms with Crippen LogP contribution in [0, 0.1) is 6.92 Å². The summed E-state index contributed by atoms with van der Waals surface area (Å²) in [6, 6.07) is 15.1. The molecular weight excluding hydrogens is 278 g/mol. The molecule has 0 bridgehead atoms. The standard InChI is InChI=1S/C18H21NO3/c1-14-12-16(22-2)8-9-17(14)18(21)19(10-11-20)13-15-6-4-3-5-7-15/h3-9,12,20H,10-11,13H2,1-2H3. The number of hydrogen-bond acceptors (Lipinski definition) is 3. The molecule has 22 heavy (non-hydrogen) atoms. The molecule has 116 valence electrons. The van der Waals surface area contributed by atoms with Crippen LogP contribution in [0.15, 0.2) is 48.5 Å². The average molecular weight is 299 g/mol. The van der Waals surface area contributed by atoms with E-state index in [1.807, 2.05) is 43.3 Å². The molecular formula is C18H21NO3. The summed E-state index contributed by atoms with van der Waals surface area (Å²) in [6.07, 6.45) is 0. The van der Waals surface area contributed by atoms with E-state index in [-0.39, 0.29) is 12.5 Å². The van der Waals surface area contributed by atoms with Crippen LogP contribution in [0.5, 0.6) is 5.75 Å². The van der Waals surface area contributed by atoms with Crippen molar-refractivity contribution in [3.05, 3.63) is 65.2 Å². The number of nitrogens with zero attached hydrogens (tertiary/aromatic N) is 1. The van der Waals surface area contributed by atoms with Gasteiger partial charge in [-0.05, 0) is 36.2 Å². The van der Waals surface area contributed by atoms with Gasteiger partial charge >= 0.3 is 0 Å². The van der Waals surface area contributed by atoms with Gasteiger partial charge < -0.3 is 14.7 Å². The Kier molecular flexibility index (Phi) is 5.55. The van der Waals surface area contributed by atoms with E-state index in [0.717, 1.165) is 16.9 Å². The van der Waals surface area contributed by atoms with E-state index < -0.39 is 0 Å². The monoisotopic (exact) mass is 299 g/mol. The fourth-order valence-corrected chi connectivity index (χ4v) is 2.35. The van der Waals surface area contributed by atoms with Gasteiger partial charge in [-0.25, -0.2) is 0 Å². The first-order chi connectivity index (χ1) is 10.7. The maximum atomic E-state index is 12.7. The quantitative estimate of drug-likeness (QED) is 0.892. The molecule has 4 heteroatoms. The summed E-state index contributed by atoms with van der Waals surface area (Å²) in [7, 11) is 1.60. The lowest BCUT2D eigenvalue weighted by atomic mass is 10.1. The van der Waals surface area contributed by atoms with Crippen molar-refractivity contribution in [3.8, 4) is 5.75 Å². The van der Waals surface area contributed by atoms with Crippen molar-refractivity contribution in [3.63, 3.8) is 0 Å². The van der Waals surface area contributed by atoms with Crippen molar-refractivity contribution in [1.29, 1.82) is 0 Å². The van der Waals surface area contributed by atoms with Crippen molar-refractivity contribution < 1.29 is 14.6 Å². The van der Waals surface area contributed by atoms with Gasteiger partial charge in [0.1, 0.15) is 5.75 Å². The first-order valence-electron chi connectivity index (χ1n) is 7.24. The summed E-state index contributed by atoms with van der Waals surface area (Å²) < 4.78 is 5.17. The summed E-state index contributed by atoms with van der Waals surface area (Å²) in [4.78, 5) is 14.4. The maximum absolute atomic E-state index is 12.7. The third kappa shape index (κ3) is 3.86. The maximum Gasteiger partial charge on any atom is 0.254 e. The molecule has 0 aliphatic heterocycles. The van der Waals surface area contributed by atoms with Crippen molar-refractivity contribution in [2.45, 2.75) is 13.5 Å². The molecule has 0 radical (unpaired) electrons. The van der Waals surface area contributed by atoms with Crippen LogP contribution >= 0.6 is 0 Å². The summed E-state index contributed by atoms with van der Waals surface area (Å²) in [5.41, 5.74) is 2.53. The topological polar surface area (TPSA) is 49.8 Å². The van der Waals surface area contributed by atoms with Gasteiger partial charge in [-0.3, -0.25) is 4.79 Å². The zero-order valence-electron chi connectivity index (χ0n) is 13.0.